The van der Waals surface area contributed by atoms with Crippen molar-refractivity contribution in [3.8, 4) is 5.75 Å². The fraction of sp³-hybridized carbons (Fsp3) is 0.600. The summed E-state index contributed by atoms with van der Waals surface area (Å²) in [6, 6.07) is 9.01. The van der Waals surface area contributed by atoms with Crippen molar-refractivity contribution in [3.05, 3.63) is 29.8 Å². The Kier molecular flexibility index (Phi) is 5.02. The van der Waals surface area contributed by atoms with Crippen molar-refractivity contribution in [2.24, 2.45) is 0 Å². The Morgan fingerprint density at radius 2 is 2.00 bits per heavy atom. The molecular formula is C15H23NO2. The number of methoxy groups -OCH3 is 1. The lowest BCUT2D eigenvalue weighted by Gasteiger charge is -2.37. The van der Waals surface area contributed by atoms with Crippen molar-refractivity contribution in [1.29, 1.82) is 0 Å². The molecule has 100 valence electrons. The van der Waals surface area contributed by atoms with Gasteiger partial charge in [0.25, 0.3) is 0 Å². The van der Waals surface area contributed by atoms with Crippen molar-refractivity contribution in [1.82, 2.24) is 4.90 Å². The number of benzene rings is 1. The van der Waals surface area contributed by atoms with Gasteiger partial charge in [-0.25, -0.2) is 0 Å². The molecule has 2 rings (SSSR count). The topological polar surface area (TPSA) is 32.7 Å². The van der Waals surface area contributed by atoms with Crippen LogP contribution in [0.5, 0.6) is 5.75 Å². The Bertz CT molecular complexity index is 346. The van der Waals surface area contributed by atoms with Crippen molar-refractivity contribution in [3.63, 3.8) is 0 Å². The molecule has 0 unspecified atom stereocenters. The summed E-state index contributed by atoms with van der Waals surface area (Å²) in [5, 5.41) is 8.98. The quantitative estimate of drug-likeness (QED) is 0.805. The number of nitrogens with zero attached hydrogens (tertiary/aromatic N) is 1. The first-order chi connectivity index (χ1) is 8.83. The molecule has 1 aliphatic carbocycles. The van der Waals surface area contributed by atoms with Gasteiger partial charge in [0.05, 0.1) is 7.11 Å². The monoisotopic (exact) mass is 249 g/mol. The van der Waals surface area contributed by atoms with Gasteiger partial charge in [-0.1, -0.05) is 18.6 Å². The van der Waals surface area contributed by atoms with Crippen LogP contribution < -0.4 is 4.74 Å². The Hall–Kier alpha value is -1.06. The summed E-state index contributed by atoms with van der Waals surface area (Å²) in [5.74, 6) is 0.907. The molecule has 0 saturated heterocycles. The number of ether oxygens (including phenoxy) is 1. The first kappa shape index (κ1) is 13.4. The second-order valence-electron chi connectivity index (χ2n) is 4.98. The fourth-order valence-electron chi connectivity index (χ4n) is 2.38. The summed E-state index contributed by atoms with van der Waals surface area (Å²) in [6.45, 7) is 2.26. The van der Waals surface area contributed by atoms with Crippen LogP contribution in [0.25, 0.3) is 0 Å². The first-order valence-electron chi connectivity index (χ1n) is 6.81. The number of hydrogen-bond acceptors (Lipinski definition) is 3. The van der Waals surface area contributed by atoms with Crippen LogP contribution in [-0.4, -0.2) is 36.3 Å². The molecule has 0 atom stereocenters. The molecule has 3 heteroatoms. The largest absolute Gasteiger partial charge is 0.497 e. The van der Waals surface area contributed by atoms with Crippen LogP contribution in [0, 0.1) is 0 Å². The maximum absolute atomic E-state index is 8.98. The Morgan fingerprint density at radius 1 is 1.28 bits per heavy atom. The third kappa shape index (κ3) is 3.47. The van der Waals surface area contributed by atoms with E-state index in [-0.39, 0.29) is 6.61 Å². The molecule has 0 aromatic heterocycles. The summed E-state index contributed by atoms with van der Waals surface area (Å²) in [7, 11) is 1.69. The molecule has 1 aromatic rings. The van der Waals surface area contributed by atoms with Gasteiger partial charge in [-0.05, 0) is 37.0 Å². The van der Waals surface area contributed by atoms with E-state index in [0.717, 1.165) is 31.3 Å². The van der Waals surface area contributed by atoms with E-state index in [1.165, 1.54) is 24.8 Å². The number of aliphatic hydroxyl groups excluding tert-OH is 1. The number of aliphatic hydroxyl groups is 1. The minimum Gasteiger partial charge on any atom is -0.497 e. The van der Waals surface area contributed by atoms with Gasteiger partial charge in [0.15, 0.2) is 0 Å². The zero-order valence-electron chi connectivity index (χ0n) is 11.1. The van der Waals surface area contributed by atoms with Crippen molar-refractivity contribution < 1.29 is 9.84 Å². The highest BCUT2D eigenvalue weighted by Gasteiger charge is 2.24. The van der Waals surface area contributed by atoms with E-state index in [9.17, 15) is 0 Å². The highest BCUT2D eigenvalue weighted by Crippen LogP contribution is 2.26. The summed E-state index contributed by atoms with van der Waals surface area (Å²) in [6.07, 6.45) is 4.83. The van der Waals surface area contributed by atoms with Crippen molar-refractivity contribution >= 4 is 0 Å². The lowest BCUT2D eigenvalue weighted by molar-refractivity contribution is 0.109. The van der Waals surface area contributed by atoms with E-state index in [1.807, 2.05) is 12.1 Å². The molecule has 0 heterocycles. The molecule has 1 fully saturated rings. The zero-order chi connectivity index (χ0) is 12.8. The lowest BCUT2D eigenvalue weighted by Crippen LogP contribution is -2.40. The minimum absolute atomic E-state index is 0.284. The average Bonchev–Trinajstić information content (AvgIpc) is 2.34. The highest BCUT2D eigenvalue weighted by atomic mass is 16.5. The lowest BCUT2D eigenvalue weighted by atomic mass is 9.91. The molecule has 0 amide bonds. The van der Waals surface area contributed by atoms with Gasteiger partial charge in [0.2, 0.25) is 0 Å². The summed E-state index contributed by atoms with van der Waals surface area (Å²) >= 11 is 0. The van der Waals surface area contributed by atoms with Crippen LogP contribution in [0.1, 0.15) is 31.2 Å². The van der Waals surface area contributed by atoms with Crippen LogP contribution in [0.15, 0.2) is 24.3 Å². The van der Waals surface area contributed by atoms with Gasteiger partial charge in [0, 0.05) is 25.7 Å². The van der Waals surface area contributed by atoms with Crippen LogP contribution in [-0.2, 0) is 6.54 Å². The van der Waals surface area contributed by atoms with Gasteiger partial charge in [-0.3, -0.25) is 4.90 Å². The first-order valence-corrected chi connectivity index (χ1v) is 6.81. The minimum atomic E-state index is 0.284. The molecule has 0 aliphatic heterocycles. The van der Waals surface area contributed by atoms with E-state index >= 15 is 0 Å². The fourth-order valence-corrected chi connectivity index (χ4v) is 2.38. The van der Waals surface area contributed by atoms with Gasteiger partial charge in [0.1, 0.15) is 5.75 Å². The standard InChI is InChI=1S/C15H23NO2/c1-18-15-8-6-13(7-9-15)12-16(10-3-11-17)14-4-2-5-14/h6-9,14,17H,2-5,10-12H2,1H3. The highest BCUT2D eigenvalue weighted by molar-refractivity contribution is 5.27. The van der Waals surface area contributed by atoms with E-state index < -0.39 is 0 Å². The van der Waals surface area contributed by atoms with Gasteiger partial charge < -0.3 is 9.84 Å². The smallest absolute Gasteiger partial charge is 0.118 e. The zero-order valence-corrected chi connectivity index (χ0v) is 11.1. The maximum Gasteiger partial charge on any atom is 0.118 e. The average molecular weight is 249 g/mol. The predicted molar refractivity (Wildman–Crippen MR) is 72.7 cm³/mol. The molecule has 18 heavy (non-hydrogen) atoms. The van der Waals surface area contributed by atoms with Crippen molar-refractivity contribution in [2.45, 2.75) is 38.3 Å². The summed E-state index contributed by atoms with van der Waals surface area (Å²) in [5.41, 5.74) is 1.32. The summed E-state index contributed by atoms with van der Waals surface area (Å²) in [4.78, 5) is 2.50. The third-order valence-electron chi connectivity index (χ3n) is 3.74. The molecule has 1 saturated carbocycles. The number of rotatable bonds is 7. The molecular weight excluding hydrogens is 226 g/mol. The molecule has 3 nitrogen and oxygen atoms in total. The van der Waals surface area contributed by atoms with Crippen LogP contribution >= 0.6 is 0 Å². The molecule has 0 spiro atoms. The normalized spacial score (nSPS) is 15.7. The molecule has 0 bridgehead atoms. The molecule has 1 aromatic carbocycles. The van der Waals surface area contributed by atoms with Gasteiger partial charge in [-0.2, -0.15) is 0 Å². The third-order valence-corrected chi connectivity index (χ3v) is 3.74. The molecule has 1 N–H and O–H groups in total. The van der Waals surface area contributed by atoms with Crippen LogP contribution in [0.4, 0.5) is 0 Å². The Morgan fingerprint density at radius 3 is 2.50 bits per heavy atom. The van der Waals surface area contributed by atoms with Gasteiger partial charge >= 0.3 is 0 Å². The van der Waals surface area contributed by atoms with E-state index in [0.29, 0.717) is 0 Å². The van der Waals surface area contributed by atoms with Crippen molar-refractivity contribution in [2.75, 3.05) is 20.3 Å². The molecule has 1 aliphatic rings. The van der Waals surface area contributed by atoms with Crippen LogP contribution in [0.2, 0.25) is 0 Å². The summed E-state index contributed by atoms with van der Waals surface area (Å²) < 4.78 is 5.17. The SMILES string of the molecule is COc1ccc(CN(CCCO)C2CCC2)cc1. The number of hydrogen-bond donors (Lipinski definition) is 1. The van der Waals surface area contributed by atoms with E-state index in [1.54, 1.807) is 7.11 Å². The predicted octanol–water partition coefficient (Wildman–Crippen LogP) is 2.43. The van der Waals surface area contributed by atoms with E-state index in [4.69, 9.17) is 9.84 Å². The Balaban J connectivity index is 1.93. The second-order valence-corrected chi connectivity index (χ2v) is 4.98. The second kappa shape index (κ2) is 6.76. The van der Waals surface area contributed by atoms with Gasteiger partial charge in [-0.15, -0.1) is 0 Å². The molecule has 0 radical (unpaired) electrons. The Labute approximate surface area is 109 Å². The van der Waals surface area contributed by atoms with Crippen LogP contribution in [0.3, 0.4) is 0 Å². The van der Waals surface area contributed by atoms with E-state index in [2.05, 4.69) is 17.0 Å². The maximum atomic E-state index is 8.98.